The second kappa shape index (κ2) is 4.96. The van der Waals surface area contributed by atoms with E-state index in [1.165, 1.54) is 0 Å². The molecule has 0 spiro atoms. The van der Waals surface area contributed by atoms with Gasteiger partial charge in [-0.25, -0.2) is 9.97 Å². The van der Waals surface area contributed by atoms with Crippen LogP contribution in [0.1, 0.15) is 0 Å². The Kier molecular flexibility index (Phi) is 3.79. The van der Waals surface area contributed by atoms with Crippen molar-refractivity contribution in [2.24, 2.45) is 0 Å². The zero-order valence-electron chi connectivity index (χ0n) is 7.59. The molecule has 0 bridgehead atoms. The van der Waals surface area contributed by atoms with Crippen molar-refractivity contribution in [2.75, 3.05) is 0 Å². The smallest absolute Gasteiger partial charge is 0.164 e. The first kappa shape index (κ1) is 12.2. The van der Waals surface area contributed by atoms with Crippen LogP contribution in [0.2, 0.25) is 10.3 Å². The van der Waals surface area contributed by atoms with Gasteiger partial charge < -0.3 is 0 Å². The molecule has 0 N–H and O–H groups in total. The maximum absolute atomic E-state index is 5.89. The van der Waals surface area contributed by atoms with Crippen LogP contribution in [0.4, 0.5) is 0 Å². The van der Waals surface area contributed by atoms with E-state index in [4.69, 9.17) is 23.2 Å². The summed E-state index contributed by atoms with van der Waals surface area (Å²) in [5, 5.41) is 0.546. The first-order valence-electron chi connectivity index (χ1n) is 4.07. The fourth-order valence-corrected chi connectivity index (χ4v) is 1.99. The Morgan fingerprint density at radius 2 is 1.62 bits per heavy atom. The normalized spacial score (nSPS) is 10.5. The molecule has 7 heteroatoms. The minimum Gasteiger partial charge on any atom is -0.263 e. The predicted octanol–water partition coefficient (Wildman–Crippen LogP) is 4.37. The zero-order valence-corrected chi connectivity index (χ0v) is 12.3. The van der Waals surface area contributed by atoms with Crippen molar-refractivity contribution in [3.8, 4) is 11.4 Å². The molecular formula is C9H3Br2Cl2N3. The number of aromatic nitrogens is 3. The van der Waals surface area contributed by atoms with Crippen LogP contribution in [-0.4, -0.2) is 15.0 Å². The highest BCUT2D eigenvalue weighted by Crippen LogP contribution is 2.30. The molecule has 0 aromatic carbocycles. The summed E-state index contributed by atoms with van der Waals surface area (Å²) in [6.45, 7) is 0. The summed E-state index contributed by atoms with van der Waals surface area (Å²) >= 11 is 18.3. The maximum atomic E-state index is 5.89. The minimum atomic E-state index is 0.273. The van der Waals surface area contributed by atoms with Gasteiger partial charge in [-0.2, -0.15) is 0 Å². The summed E-state index contributed by atoms with van der Waals surface area (Å²) in [6.07, 6.45) is 3.31. The average molecular weight is 384 g/mol. The van der Waals surface area contributed by atoms with Gasteiger partial charge in [-0.1, -0.05) is 23.2 Å². The van der Waals surface area contributed by atoms with Gasteiger partial charge in [-0.15, -0.1) is 0 Å². The van der Waals surface area contributed by atoms with Crippen molar-refractivity contribution in [1.29, 1.82) is 0 Å². The lowest BCUT2D eigenvalue weighted by Crippen LogP contribution is -1.92. The van der Waals surface area contributed by atoms with Crippen LogP contribution >= 0.6 is 55.1 Å². The topological polar surface area (TPSA) is 38.7 Å². The third-order valence-corrected chi connectivity index (χ3v) is 3.92. The highest BCUT2D eigenvalue weighted by molar-refractivity contribution is 9.10. The molecule has 0 fully saturated rings. The third-order valence-electron chi connectivity index (χ3n) is 1.73. The zero-order chi connectivity index (χ0) is 11.7. The number of halogens is 4. The average Bonchev–Trinajstić information content (AvgIpc) is 2.25. The summed E-state index contributed by atoms with van der Waals surface area (Å²) in [4.78, 5) is 12.2. The molecule has 0 amide bonds. The molecule has 0 atom stereocenters. The summed E-state index contributed by atoms with van der Waals surface area (Å²) in [6, 6.07) is 1.84. The van der Waals surface area contributed by atoms with Gasteiger partial charge in [-0.3, -0.25) is 4.98 Å². The van der Waals surface area contributed by atoms with Crippen molar-refractivity contribution in [2.45, 2.75) is 0 Å². The molecule has 0 aliphatic carbocycles. The Bertz CT molecular complexity index is 525. The van der Waals surface area contributed by atoms with Crippen LogP contribution in [0.5, 0.6) is 0 Å². The Morgan fingerprint density at radius 3 is 2.19 bits per heavy atom. The quantitative estimate of drug-likeness (QED) is 0.686. The molecule has 82 valence electrons. The standard InChI is InChI=1S/C9H3Br2Cl2N3/c10-5-1-4(2-14-3-5)9-15-7(12)6(11)8(13)16-9/h1-3H. The van der Waals surface area contributed by atoms with Crippen molar-refractivity contribution in [3.63, 3.8) is 0 Å². The van der Waals surface area contributed by atoms with Gasteiger partial charge in [0.2, 0.25) is 0 Å². The fourth-order valence-electron chi connectivity index (χ4n) is 1.06. The second-order valence-corrected chi connectivity index (χ2v) is 5.26. The van der Waals surface area contributed by atoms with E-state index >= 15 is 0 Å². The summed E-state index contributed by atoms with van der Waals surface area (Å²) in [5.41, 5.74) is 0.741. The number of hydrogen-bond acceptors (Lipinski definition) is 3. The fraction of sp³-hybridized carbons (Fsp3) is 0. The van der Waals surface area contributed by atoms with Crippen molar-refractivity contribution >= 4 is 55.1 Å². The Morgan fingerprint density at radius 1 is 1.00 bits per heavy atom. The molecule has 3 nitrogen and oxygen atoms in total. The van der Waals surface area contributed by atoms with E-state index in [0.29, 0.717) is 10.3 Å². The Balaban J connectivity index is 2.57. The van der Waals surface area contributed by atoms with E-state index in [9.17, 15) is 0 Å². The van der Waals surface area contributed by atoms with Gasteiger partial charge in [0.1, 0.15) is 10.3 Å². The van der Waals surface area contributed by atoms with Crippen molar-refractivity contribution < 1.29 is 0 Å². The lowest BCUT2D eigenvalue weighted by molar-refractivity contribution is 1.15. The van der Waals surface area contributed by atoms with Gasteiger partial charge in [0.25, 0.3) is 0 Å². The van der Waals surface area contributed by atoms with Gasteiger partial charge in [0, 0.05) is 22.4 Å². The first-order valence-corrected chi connectivity index (χ1v) is 6.41. The summed E-state index contributed by atoms with van der Waals surface area (Å²) < 4.78 is 1.33. The highest BCUT2D eigenvalue weighted by Gasteiger charge is 2.10. The van der Waals surface area contributed by atoms with Crippen molar-refractivity contribution in [3.05, 3.63) is 37.7 Å². The largest absolute Gasteiger partial charge is 0.263 e. The molecule has 2 aromatic rings. The molecule has 2 aromatic heterocycles. The highest BCUT2D eigenvalue weighted by atomic mass is 79.9. The molecular weight excluding hydrogens is 381 g/mol. The van der Waals surface area contributed by atoms with Crippen LogP contribution in [0, 0.1) is 0 Å². The number of pyridine rings is 1. The molecule has 2 rings (SSSR count). The lowest BCUT2D eigenvalue weighted by Gasteiger charge is -2.03. The van der Waals surface area contributed by atoms with Gasteiger partial charge in [0.15, 0.2) is 5.82 Å². The lowest BCUT2D eigenvalue weighted by atomic mass is 10.3. The van der Waals surface area contributed by atoms with Gasteiger partial charge >= 0.3 is 0 Å². The van der Waals surface area contributed by atoms with Crippen LogP contribution in [0.15, 0.2) is 27.4 Å². The van der Waals surface area contributed by atoms with E-state index < -0.39 is 0 Å². The number of rotatable bonds is 1. The van der Waals surface area contributed by atoms with E-state index in [0.717, 1.165) is 10.0 Å². The molecule has 0 radical (unpaired) electrons. The minimum absolute atomic E-state index is 0.273. The van der Waals surface area contributed by atoms with E-state index in [1.54, 1.807) is 12.4 Å². The molecule has 2 heterocycles. The number of hydrogen-bond donors (Lipinski definition) is 0. The molecule has 0 saturated heterocycles. The van der Waals surface area contributed by atoms with Crippen LogP contribution in [-0.2, 0) is 0 Å². The molecule has 0 aliphatic heterocycles. The maximum Gasteiger partial charge on any atom is 0.164 e. The van der Waals surface area contributed by atoms with Crippen LogP contribution in [0.25, 0.3) is 11.4 Å². The van der Waals surface area contributed by atoms with E-state index in [-0.39, 0.29) is 10.3 Å². The van der Waals surface area contributed by atoms with Crippen LogP contribution < -0.4 is 0 Å². The molecule has 0 unspecified atom stereocenters. The Hall–Kier alpha value is -0.230. The van der Waals surface area contributed by atoms with Crippen LogP contribution in [0.3, 0.4) is 0 Å². The van der Waals surface area contributed by atoms with E-state index in [2.05, 4.69) is 46.8 Å². The summed E-state index contributed by atoms with van der Waals surface area (Å²) in [5.74, 6) is 0.437. The SMILES string of the molecule is Clc1nc(-c2cncc(Br)c2)nc(Cl)c1Br. The molecule has 0 aliphatic rings. The first-order chi connectivity index (χ1) is 7.58. The molecule has 0 saturated carbocycles. The number of nitrogens with zero attached hydrogens (tertiary/aromatic N) is 3. The summed E-state index contributed by atoms with van der Waals surface area (Å²) in [7, 11) is 0. The van der Waals surface area contributed by atoms with Crippen molar-refractivity contribution in [1.82, 2.24) is 15.0 Å². The van der Waals surface area contributed by atoms with E-state index in [1.807, 2.05) is 6.07 Å². The third kappa shape index (κ3) is 2.53. The van der Waals surface area contributed by atoms with Gasteiger partial charge in [-0.05, 0) is 37.9 Å². The monoisotopic (exact) mass is 381 g/mol. The predicted molar refractivity (Wildman–Crippen MR) is 70.7 cm³/mol. The van der Waals surface area contributed by atoms with Gasteiger partial charge in [0.05, 0.1) is 4.47 Å². The molecule has 16 heavy (non-hydrogen) atoms. The Labute approximate surface area is 118 Å². The second-order valence-electron chi connectivity index (χ2n) is 2.83.